The van der Waals surface area contributed by atoms with Crippen LogP contribution in [0.2, 0.25) is 0 Å². The number of carbonyl (C=O) groups excluding carboxylic acids is 4. The molecule has 0 unspecified atom stereocenters. The predicted molar refractivity (Wildman–Crippen MR) is 193 cm³/mol. The summed E-state index contributed by atoms with van der Waals surface area (Å²) in [6.07, 6.45) is 1.02. The second-order valence-corrected chi connectivity index (χ2v) is 14.3. The van der Waals surface area contributed by atoms with Gasteiger partial charge in [-0.3, -0.25) is 19.2 Å². The topological polar surface area (TPSA) is 169 Å². The zero-order valence-electron chi connectivity index (χ0n) is 29.6. The van der Waals surface area contributed by atoms with Crippen LogP contribution in [0, 0.1) is 18.8 Å². The zero-order valence-corrected chi connectivity index (χ0v) is 30.4. The predicted octanol–water partition coefficient (Wildman–Crippen LogP) is 3.55. The molecule has 2 aliphatic rings. The molecule has 4 amide bonds. The molecule has 4 atom stereocenters. The van der Waals surface area contributed by atoms with Gasteiger partial charge in [0.15, 0.2) is 5.82 Å². The molecule has 6 rings (SSSR count). The minimum absolute atomic E-state index is 0.108. The normalized spacial score (nSPS) is 20.6. The Labute approximate surface area is 302 Å². The van der Waals surface area contributed by atoms with Crippen LogP contribution in [0.5, 0.6) is 5.75 Å². The van der Waals surface area contributed by atoms with Gasteiger partial charge in [0.25, 0.3) is 5.91 Å². The quantitative estimate of drug-likeness (QED) is 0.225. The Balaban J connectivity index is 1.53. The standard InChI is InChI=1S/C37H46N8O5S/c1-22(2)15-27-19-50-28-13-11-26(12-14-28)17-29(42-37(49)31-20-51-21-38-31)35(47)41-30(16-25-9-7-6-8-10-25)36(48)43-33(23(3)4)34-39-24(5)44-45(34)18-32(46)40-27/h6-14,20-23,27,29-30,33H,15-19H2,1-5H3,(H,40,46)(H,41,47)(H,42,49)(H,43,48)/t27-,29-,30-,33-/m0/s1. The summed E-state index contributed by atoms with van der Waals surface area (Å²) in [5.74, 6) is -0.112. The molecule has 4 heterocycles. The molecule has 0 spiro atoms. The van der Waals surface area contributed by atoms with E-state index in [4.69, 9.17) is 4.74 Å². The first kappa shape index (κ1) is 37.2. The number of ether oxygens (including phenoxy) is 1. The Morgan fingerprint density at radius 3 is 2.41 bits per heavy atom. The highest BCUT2D eigenvalue weighted by atomic mass is 32.1. The lowest BCUT2D eigenvalue weighted by Gasteiger charge is -2.27. The molecule has 2 aromatic heterocycles. The third-order valence-corrected chi connectivity index (χ3v) is 9.07. The van der Waals surface area contributed by atoms with Gasteiger partial charge in [-0.1, -0.05) is 70.2 Å². The summed E-state index contributed by atoms with van der Waals surface area (Å²) in [4.78, 5) is 63.7. The summed E-state index contributed by atoms with van der Waals surface area (Å²) < 4.78 is 7.64. The van der Waals surface area contributed by atoms with Crippen LogP contribution in [0.1, 0.15) is 73.4 Å². The van der Waals surface area contributed by atoms with Crippen molar-refractivity contribution in [2.45, 2.75) is 84.6 Å². The van der Waals surface area contributed by atoms with Crippen molar-refractivity contribution in [3.05, 3.63) is 94.0 Å². The first-order valence-electron chi connectivity index (χ1n) is 17.2. The average molecular weight is 715 g/mol. The van der Waals surface area contributed by atoms with Crippen LogP contribution in [0.25, 0.3) is 0 Å². The number of aryl methyl sites for hydroxylation is 1. The van der Waals surface area contributed by atoms with Gasteiger partial charge in [0.1, 0.15) is 42.5 Å². The number of carbonyl (C=O) groups is 4. The van der Waals surface area contributed by atoms with Gasteiger partial charge in [-0.25, -0.2) is 14.6 Å². The first-order chi connectivity index (χ1) is 24.4. The van der Waals surface area contributed by atoms with Crippen LogP contribution in [0.3, 0.4) is 0 Å². The van der Waals surface area contributed by atoms with Gasteiger partial charge in [0.05, 0.1) is 17.6 Å². The molecule has 2 aliphatic heterocycles. The van der Waals surface area contributed by atoms with E-state index in [9.17, 15) is 19.2 Å². The highest BCUT2D eigenvalue weighted by Crippen LogP contribution is 2.22. The number of benzene rings is 2. The molecule has 13 nitrogen and oxygen atoms in total. The molecule has 2 bridgehead atoms. The molecule has 4 aromatic rings. The van der Waals surface area contributed by atoms with Gasteiger partial charge < -0.3 is 26.0 Å². The Morgan fingerprint density at radius 2 is 1.75 bits per heavy atom. The number of hydrogen-bond acceptors (Lipinski definition) is 9. The first-order valence-corrected chi connectivity index (χ1v) is 18.2. The maximum atomic E-state index is 14.2. The van der Waals surface area contributed by atoms with E-state index < -0.39 is 35.8 Å². The van der Waals surface area contributed by atoms with Crippen LogP contribution < -0.4 is 26.0 Å². The maximum absolute atomic E-state index is 14.2. The third kappa shape index (κ3) is 10.5. The summed E-state index contributed by atoms with van der Waals surface area (Å²) >= 11 is 1.27. The number of fused-ring (bicyclic) bond motifs is 14. The summed E-state index contributed by atoms with van der Waals surface area (Å²) in [7, 11) is 0. The molecule has 0 saturated carbocycles. The third-order valence-electron chi connectivity index (χ3n) is 8.48. The Bertz CT molecular complexity index is 1780. The molecule has 0 fully saturated rings. The number of hydrogen-bond donors (Lipinski definition) is 4. The van der Waals surface area contributed by atoms with E-state index in [0.717, 1.165) is 11.1 Å². The van der Waals surface area contributed by atoms with Crippen molar-refractivity contribution < 1.29 is 23.9 Å². The molecule has 0 radical (unpaired) electrons. The highest BCUT2D eigenvalue weighted by molar-refractivity contribution is 7.07. The van der Waals surface area contributed by atoms with Crippen molar-refractivity contribution in [3.8, 4) is 5.75 Å². The van der Waals surface area contributed by atoms with Gasteiger partial charge in [-0.05, 0) is 48.4 Å². The molecule has 2 aromatic carbocycles. The van der Waals surface area contributed by atoms with Crippen LogP contribution in [-0.2, 0) is 33.8 Å². The highest BCUT2D eigenvalue weighted by Gasteiger charge is 2.32. The Hall–Kier alpha value is -5.11. The summed E-state index contributed by atoms with van der Waals surface area (Å²) in [5.41, 5.74) is 3.34. The number of amides is 4. The van der Waals surface area contributed by atoms with Crippen LogP contribution in [0.4, 0.5) is 0 Å². The van der Waals surface area contributed by atoms with E-state index in [2.05, 4.69) is 50.2 Å². The summed E-state index contributed by atoms with van der Waals surface area (Å²) in [5, 5.41) is 18.1. The van der Waals surface area contributed by atoms with Crippen LogP contribution in [-0.4, -0.2) is 68.1 Å². The number of thiazole rings is 1. The Morgan fingerprint density at radius 1 is 1.00 bits per heavy atom. The molecular formula is C37H46N8O5S. The molecular weight excluding hydrogens is 669 g/mol. The lowest BCUT2D eigenvalue weighted by molar-refractivity contribution is -0.130. The zero-order chi connectivity index (χ0) is 36.5. The Kier molecular flexibility index (Phi) is 12.5. The lowest BCUT2D eigenvalue weighted by Crippen LogP contribution is -2.55. The van der Waals surface area contributed by atoms with Crippen molar-refractivity contribution in [2.75, 3.05) is 6.61 Å². The van der Waals surface area contributed by atoms with Crippen molar-refractivity contribution >= 4 is 35.0 Å². The van der Waals surface area contributed by atoms with Crippen molar-refractivity contribution in [2.24, 2.45) is 11.8 Å². The van der Waals surface area contributed by atoms with E-state index >= 15 is 0 Å². The van der Waals surface area contributed by atoms with E-state index in [1.807, 2.05) is 56.3 Å². The van der Waals surface area contributed by atoms with E-state index in [1.54, 1.807) is 29.9 Å². The molecule has 0 saturated heterocycles. The second-order valence-electron chi connectivity index (χ2n) is 13.6. The van der Waals surface area contributed by atoms with Gasteiger partial charge in [0.2, 0.25) is 17.7 Å². The van der Waals surface area contributed by atoms with Gasteiger partial charge >= 0.3 is 0 Å². The van der Waals surface area contributed by atoms with Crippen molar-refractivity contribution in [1.82, 2.24) is 41.0 Å². The smallest absolute Gasteiger partial charge is 0.271 e. The summed E-state index contributed by atoms with van der Waals surface area (Å²) in [6, 6.07) is 13.7. The lowest BCUT2D eigenvalue weighted by atomic mass is 10.00. The fourth-order valence-corrected chi connectivity index (χ4v) is 6.53. The van der Waals surface area contributed by atoms with Gasteiger partial charge in [-0.15, -0.1) is 11.3 Å². The fourth-order valence-electron chi connectivity index (χ4n) is 6.00. The van der Waals surface area contributed by atoms with Gasteiger partial charge in [-0.2, -0.15) is 5.10 Å². The van der Waals surface area contributed by atoms with E-state index in [0.29, 0.717) is 29.7 Å². The van der Waals surface area contributed by atoms with E-state index in [-0.39, 0.29) is 49.6 Å². The summed E-state index contributed by atoms with van der Waals surface area (Å²) in [6.45, 7) is 9.91. The fraction of sp³-hybridized carbons (Fsp3) is 0.432. The minimum Gasteiger partial charge on any atom is -0.491 e. The number of rotatable bonds is 7. The second kappa shape index (κ2) is 17.2. The minimum atomic E-state index is -1.03. The van der Waals surface area contributed by atoms with Crippen LogP contribution >= 0.6 is 11.3 Å². The number of nitrogens with one attached hydrogen (secondary N) is 4. The monoisotopic (exact) mass is 714 g/mol. The van der Waals surface area contributed by atoms with Crippen LogP contribution in [0.15, 0.2) is 65.5 Å². The molecule has 14 heteroatoms. The SMILES string of the molecule is Cc1nc2n(n1)CC(=O)N[C@@H](CC(C)C)COc1ccc(cc1)C[C@H](NC(=O)c1cscn1)C(=O)N[C@@H](Cc1ccccc1)C(=O)N[C@H]2C(C)C. The molecule has 0 aliphatic carbocycles. The molecule has 4 N–H and O–H groups in total. The molecule has 270 valence electrons. The number of aromatic nitrogens is 4. The van der Waals surface area contributed by atoms with E-state index in [1.165, 1.54) is 16.0 Å². The van der Waals surface area contributed by atoms with Crippen molar-refractivity contribution in [3.63, 3.8) is 0 Å². The number of nitrogens with zero attached hydrogens (tertiary/aromatic N) is 4. The largest absolute Gasteiger partial charge is 0.491 e. The molecule has 51 heavy (non-hydrogen) atoms. The average Bonchev–Trinajstić information content (AvgIpc) is 3.76. The maximum Gasteiger partial charge on any atom is 0.271 e. The van der Waals surface area contributed by atoms with Crippen molar-refractivity contribution in [1.29, 1.82) is 0 Å². The van der Waals surface area contributed by atoms with Gasteiger partial charge in [0, 0.05) is 18.2 Å².